The molecular weight excluding hydrogens is 524 g/mol. The Morgan fingerprint density at radius 3 is 1.95 bits per heavy atom. The molecule has 8 heteroatoms. The summed E-state index contributed by atoms with van der Waals surface area (Å²) in [4.78, 5) is 35.7. The van der Waals surface area contributed by atoms with Crippen LogP contribution in [-0.4, -0.2) is 51.4 Å². The summed E-state index contributed by atoms with van der Waals surface area (Å²) in [5.74, 6) is -0.0259. The Hall–Kier alpha value is -4.43. The van der Waals surface area contributed by atoms with Gasteiger partial charge in [0.05, 0.1) is 31.3 Å². The van der Waals surface area contributed by atoms with Gasteiger partial charge in [-0.15, -0.1) is 0 Å². The zero-order valence-corrected chi connectivity index (χ0v) is 23.9. The highest BCUT2D eigenvalue weighted by Gasteiger charge is 2.26. The van der Waals surface area contributed by atoms with Crippen molar-refractivity contribution in [3.8, 4) is 22.6 Å². The second-order valence-electron chi connectivity index (χ2n) is 9.75. The minimum Gasteiger partial charge on any atom is -0.491 e. The first-order chi connectivity index (χ1) is 19.7. The summed E-state index contributed by atoms with van der Waals surface area (Å²) in [6.07, 6.45) is 3.65. The molecule has 0 fully saturated rings. The number of methoxy groups -OCH3 is 1. The highest BCUT2D eigenvalue weighted by atomic mass is 16.6. The fraction of sp³-hybridized carbons (Fsp3) is 0.303. The Morgan fingerprint density at radius 1 is 0.756 bits per heavy atom. The van der Waals surface area contributed by atoms with Crippen LogP contribution in [0, 0.1) is 5.41 Å². The van der Waals surface area contributed by atoms with Crippen molar-refractivity contribution in [2.24, 2.45) is 5.41 Å². The van der Waals surface area contributed by atoms with Crippen molar-refractivity contribution in [3.05, 3.63) is 90.0 Å². The molecule has 0 bridgehead atoms. The number of benzene rings is 3. The Balaban J connectivity index is 1.41. The lowest BCUT2D eigenvalue weighted by molar-refractivity contribution is -0.155. The van der Waals surface area contributed by atoms with Crippen molar-refractivity contribution < 1.29 is 38.1 Å². The minimum absolute atomic E-state index is 0.218. The third-order valence-corrected chi connectivity index (χ3v) is 6.41. The zero-order chi connectivity index (χ0) is 29.7. The summed E-state index contributed by atoms with van der Waals surface area (Å²) < 4.78 is 26.5. The Morgan fingerprint density at radius 2 is 1.34 bits per heavy atom. The maximum absolute atomic E-state index is 12.6. The lowest BCUT2D eigenvalue weighted by Gasteiger charge is -2.20. The van der Waals surface area contributed by atoms with Gasteiger partial charge >= 0.3 is 17.9 Å². The zero-order valence-electron chi connectivity index (χ0n) is 23.9. The molecule has 0 spiro atoms. The smallest absolute Gasteiger partial charge is 0.343 e. The van der Waals surface area contributed by atoms with Crippen molar-refractivity contribution in [1.29, 1.82) is 0 Å². The quantitative estimate of drug-likeness (QED) is 0.100. The van der Waals surface area contributed by atoms with E-state index in [-0.39, 0.29) is 12.6 Å². The van der Waals surface area contributed by atoms with E-state index in [4.69, 9.17) is 18.9 Å². The average Bonchev–Trinajstić information content (AvgIpc) is 3.00. The molecule has 0 N–H and O–H groups in total. The lowest BCUT2D eigenvalue weighted by Crippen LogP contribution is -2.27. The van der Waals surface area contributed by atoms with Gasteiger partial charge in [-0.25, -0.2) is 9.59 Å². The van der Waals surface area contributed by atoms with Crippen LogP contribution >= 0.6 is 0 Å². The van der Waals surface area contributed by atoms with Crippen LogP contribution in [0.4, 0.5) is 0 Å². The topological polar surface area (TPSA) is 97.4 Å². The number of hydrogen-bond donors (Lipinski definition) is 0. The molecular formula is C33H36O8. The van der Waals surface area contributed by atoms with Gasteiger partial charge in [-0.1, -0.05) is 43.3 Å². The summed E-state index contributed by atoms with van der Waals surface area (Å²) in [6.45, 7) is 6.97. The molecule has 0 atom stereocenters. The maximum atomic E-state index is 12.6. The largest absolute Gasteiger partial charge is 0.491 e. The van der Waals surface area contributed by atoms with E-state index in [1.807, 2.05) is 57.2 Å². The van der Waals surface area contributed by atoms with Crippen molar-refractivity contribution in [2.45, 2.75) is 27.2 Å². The molecule has 3 rings (SSSR count). The second-order valence-corrected chi connectivity index (χ2v) is 9.75. The standard InChI is InChI=1S/C33H36O8/c1-5-33(2,3)32(36)40-23-21-38-20-22-39-28-17-13-26(14-18-28)25-9-11-27(12-10-25)31(35)41-29-15-6-24(7-16-29)8-19-30(34)37-4/h6-19H,5,20-23H2,1-4H3/b19-8+. The van der Waals surface area contributed by atoms with Gasteiger partial charge in [-0.2, -0.15) is 0 Å². The summed E-state index contributed by atoms with van der Waals surface area (Å²) in [6, 6.07) is 21.6. The van der Waals surface area contributed by atoms with Crippen LogP contribution in [0.25, 0.3) is 17.2 Å². The molecule has 0 radical (unpaired) electrons. The van der Waals surface area contributed by atoms with Gasteiger partial charge in [-0.3, -0.25) is 4.79 Å². The van der Waals surface area contributed by atoms with Crippen LogP contribution in [0.3, 0.4) is 0 Å². The first-order valence-corrected chi connectivity index (χ1v) is 13.4. The Kier molecular flexibility index (Phi) is 11.7. The van der Waals surface area contributed by atoms with Gasteiger partial charge in [-0.05, 0) is 79.4 Å². The summed E-state index contributed by atoms with van der Waals surface area (Å²) in [5, 5.41) is 0. The molecule has 0 aliphatic rings. The SMILES string of the molecule is CCC(C)(C)C(=O)OCCOCCOc1ccc(-c2ccc(C(=O)Oc3ccc(/C=C/C(=O)OC)cc3)cc2)cc1. The van der Waals surface area contributed by atoms with Crippen molar-refractivity contribution in [2.75, 3.05) is 33.5 Å². The van der Waals surface area contributed by atoms with Crippen molar-refractivity contribution >= 4 is 24.0 Å². The number of esters is 3. The van der Waals surface area contributed by atoms with E-state index in [9.17, 15) is 14.4 Å². The molecule has 41 heavy (non-hydrogen) atoms. The molecule has 0 aromatic heterocycles. The molecule has 0 heterocycles. The van der Waals surface area contributed by atoms with E-state index in [0.29, 0.717) is 36.9 Å². The molecule has 216 valence electrons. The second kappa shape index (κ2) is 15.4. The number of ether oxygens (including phenoxy) is 5. The fourth-order valence-electron chi connectivity index (χ4n) is 3.44. The Bertz CT molecular complexity index is 1310. The van der Waals surface area contributed by atoms with Crippen LogP contribution in [0.1, 0.15) is 43.1 Å². The molecule has 0 unspecified atom stereocenters. The van der Waals surface area contributed by atoms with Gasteiger partial charge in [0.1, 0.15) is 24.7 Å². The van der Waals surface area contributed by atoms with E-state index in [2.05, 4.69) is 4.74 Å². The first-order valence-electron chi connectivity index (χ1n) is 13.4. The van der Waals surface area contributed by atoms with E-state index in [1.165, 1.54) is 13.2 Å². The van der Waals surface area contributed by atoms with Gasteiger partial charge in [0.25, 0.3) is 0 Å². The summed E-state index contributed by atoms with van der Waals surface area (Å²) >= 11 is 0. The van der Waals surface area contributed by atoms with Gasteiger partial charge in [0.15, 0.2) is 0 Å². The van der Waals surface area contributed by atoms with Crippen LogP contribution in [0.2, 0.25) is 0 Å². The van der Waals surface area contributed by atoms with Crippen LogP contribution in [0.5, 0.6) is 11.5 Å². The Labute approximate surface area is 240 Å². The summed E-state index contributed by atoms with van der Waals surface area (Å²) in [7, 11) is 1.31. The number of hydrogen-bond acceptors (Lipinski definition) is 8. The fourth-order valence-corrected chi connectivity index (χ4v) is 3.44. The minimum atomic E-state index is -0.481. The van der Waals surface area contributed by atoms with E-state index in [0.717, 1.165) is 23.1 Å². The van der Waals surface area contributed by atoms with Gasteiger partial charge < -0.3 is 23.7 Å². The molecule has 3 aromatic carbocycles. The molecule has 8 nitrogen and oxygen atoms in total. The predicted octanol–water partition coefficient (Wildman–Crippen LogP) is 6.13. The number of rotatable bonds is 14. The average molecular weight is 561 g/mol. The lowest BCUT2D eigenvalue weighted by atomic mass is 9.91. The molecule has 0 amide bonds. The predicted molar refractivity (Wildman–Crippen MR) is 156 cm³/mol. The van der Waals surface area contributed by atoms with Crippen LogP contribution < -0.4 is 9.47 Å². The molecule has 3 aromatic rings. The third kappa shape index (κ3) is 9.92. The van der Waals surface area contributed by atoms with Crippen molar-refractivity contribution in [1.82, 2.24) is 0 Å². The molecule has 0 saturated carbocycles. The summed E-state index contributed by atoms with van der Waals surface area (Å²) in [5.41, 5.74) is 2.63. The highest BCUT2D eigenvalue weighted by Crippen LogP contribution is 2.24. The van der Waals surface area contributed by atoms with E-state index < -0.39 is 17.4 Å². The number of carbonyl (C=O) groups excluding carboxylic acids is 3. The molecule has 0 aliphatic heterocycles. The maximum Gasteiger partial charge on any atom is 0.343 e. The van der Waals surface area contributed by atoms with Gasteiger partial charge in [0, 0.05) is 6.08 Å². The third-order valence-electron chi connectivity index (χ3n) is 6.41. The first kappa shape index (κ1) is 31.1. The van der Waals surface area contributed by atoms with Crippen LogP contribution in [0.15, 0.2) is 78.9 Å². The van der Waals surface area contributed by atoms with E-state index >= 15 is 0 Å². The number of carbonyl (C=O) groups is 3. The normalized spacial score (nSPS) is 11.2. The highest BCUT2D eigenvalue weighted by molar-refractivity contribution is 5.91. The monoisotopic (exact) mass is 560 g/mol. The molecule has 0 saturated heterocycles. The molecule has 0 aliphatic carbocycles. The van der Waals surface area contributed by atoms with E-state index in [1.54, 1.807) is 42.5 Å². The van der Waals surface area contributed by atoms with Crippen molar-refractivity contribution in [3.63, 3.8) is 0 Å². The van der Waals surface area contributed by atoms with Gasteiger partial charge in [0.2, 0.25) is 0 Å². The van der Waals surface area contributed by atoms with Crippen LogP contribution in [-0.2, 0) is 23.8 Å².